The molecule has 4 heterocycles. The van der Waals surface area contributed by atoms with Crippen molar-refractivity contribution in [2.75, 3.05) is 6.54 Å². The van der Waals surface area contributed by atoms with Gasteiger partial charge in [0.05, 0.1) is 10.6 Å². The topological polar surface area (TPSA) is 74.0 Å². The maximum atomic E-state index is 12.7. The smallest absolute Gasteiger partial charge is 0.254 e. The fraction of sp³-hybridized carbons (Fsp3) is 0.185. The predicted molar refractivity (Wildman–Crippen MR) is 135 cm³/mol. The molecule has 2 aromatic carbocycles. The molecule has 3 aromatic heterocycles. The maximum absolute atomic E-state index is 12.7. The number of hydrogen-bond acceptors (Lipinski definition) is 5. The van der Waals surface area contributed by atoms with E-state index in [2.05, 4.69) is 45.3 Å². The molecule has 0 fully saturated rings. The van der Waals surface area contributed by atoms with Gasteiger partial charge in [-0.2, -0.15) is 0 Å². The zero-order valence-electron chi connectivity index (χ0n) is 18.6. The highest BCUT2D eigenvalue weighted by molar-refractivity contribution is 7.13. The van der Waals surface area contributed by atoms with E-state index < -0.39 is 0 Å². The standard InChI is InChI=1S/C27H24N4O2S/c32-27-21-10-11-31(16-24(21)29-26(30-27)25-7-4-12-34-25)15-19-14-28-23-9-8-20(13-22(19)23)33-17-18-5-2-1-3-6-18/h1-9,12-14,28H,10-11,15-17H2,(H,29,30,32). The number of thiophene rings is 1. The van der Waals surface area contributed by atoms with Gasteiger partial charge < -0.3 is 14.7 Å². The summed E-state index contributed by atoms with van der Waals surface area (Å²) in [7, 11) is 0. The Morgan fingerprint density at radius 1 is 1.09 bits per heavy atom. The molecule has 6 nitrogen and oxygen atoms in total. The van der Waals surface area contributed by atoms with Crippen LogP contribution in [-0.2, 0) is 26.1 Å². The molecule has 0 amide bonds. The third-order valence-electron chi connectivity index (χ3n) is 6.29. The van der Waals surface area contributed by atoms with Gasteiger partial charge in [-0.3, -0.25) is 9.69 Å². The summed E-state index contributed by atoms with van der Waals surface area (Å²) in [5, 5.41) is 3.16. The minimum atomic E-state index is -0.0136. The van der Waals surface area contributed by atoms with E-state index in [9.17, 15) is 4.79 Å². The fourth-order valence-corrected chi connectivity index (χ4v) is 5.19. The molecule has 0 bridgehead atoms. The first-order valence-electron chi connectivity index (χ1n) is 11.4. The number of aromatic amines is 2. The molecule has 0 aliphatic carbocycles. The van der Waals surface area contributed by atoms with Crippen molar-refractivity contribution >= 4 is 22.2 Å². The number of nitrogens with one attached hydrogen (secondary N) is 2. The molecule has 0 saturated carbocycles. The van der Waals surface area contributed by atoms with Crippen LogP contribution in [0.15, 0.2) is 77.0 Å². The Balaban J connectivity index is 1.21. The van der Waals surface area contributed by atoms with Gasteiger partial charge in [-0.15, -0.1) is 11.3 Å². The number of rotatable bonds is 6. The zero-order valence-corrected chi connectivity index (χ0v) is 19.4. The molecule has 1 aliphatic heterocycles. The Labute approximate surface area is 200 Å². The number of aromatic nitrogens is 3. The number of nitrogens with zero attached hydrogens (tertiary/aromatic N) is 2. The lowest BCUT2D eigenvalue weighted by Gasteiger charge is -2.27. The molecule has 0 unspecified atom stereocenters. The van der Waals surface area contributed by atoms with Gasteiger partial charge in [-0.1, -0.05) is 36.4 Å². The summed E-state index contributed by atoms with van der Waals surface area (Å²) in [6.45, 7) is 2.81. The number of ether oxygens (including phenoxy) is 1. The van der Waals surface area contributed by atoms with Crippen LogP contribution in [0.5, 0.6) is 5.75 Å². The number of H-pyrrole nitrogens is 2. The van der Waals surface area contributed by atoms with Crippen molar-refractivity contribution in [2.45, 2.75) is 26.1 Å². The van der Waals surface area contributed by atoms with Crippen LogP contribution in [0.2, 0.25) is 0 Å². The first-order valence-corrected chi connectivity index (χ1v) is 12.3. The number of fused-ring (bicyclic) bond motifs is 2. The van der Waals surface area contributed by atoms with Crippen LogP contribution in [-0.4, -0.2) is 26.4 Å². The Bertz CT molecular complexity index is 1490. The van der Waals surface area contributed by atoms with E-state index in [4.69, 9.17) is 9.72 Å². The van der Waals surface area contributed by atoms with Gasteiger partial charge in [0.2, 0.25) is 0 Å². The summed E-state index contributed by atoms with van der Waals surface area (Å²) in [5.41, 5.74) is 5.13. The fourth-order valence-electron chi connectivity index (χ4n) is 4.52. The molecule has 0 atom stereocenters. The second kappa shape index (κ2) is 8.93. The zero-order chi connectivity index (χ0) is 22.9. The molecule has 34 heavy (non-hydrogen) atoms. The minimum absolute atomic E-state index is 0.0136. The highest BCUT2D eigenvalue weighted by Gasteiger charge is 2.22. The van der Waals surface area contributed by atoms with Crippen molar-refractivity contribution in [3.63, 3.8) is 0 Å². The van der Waals surface area contributed by atoms with E-state index in [-0.39, 0.29) is 5.56 Å². The molecule has 1 aliphatic rings. The number of hydrogen-bond donors (Lipinski definition) is 2. The molecular weight excluding hydrogens is 444 g/mol. The van der Waals surface area contributed by atoms with Crippen LogP contribution in [0.1, 0.15) is 22.4 Å². The van der Waals surface area contributed by atoms with E-state index >= 15 is 0 Å². The summed E-state index contributed by atoms with van der Waals surface area (Å²) >= 11 is 1.58. The SMILES string of the molecule is O=c1[nH]c(-c2cccs2)nc2c1CCN(Cc1c[nH]c3ccc(OCc4ccccc4)cc13)C2. The summed E-state index contributed by atoms with van der Waals surface area (Å²) in [5.74, 6) is 1.52. The van der Waals surface area contributed by atoms with Crippen molar-refractivity contribution in [3.8, 4) is 16.5 Å². The second-order valence-electron chi connectivity index (χ2n) is 8.57. The second-order valence-corrected chi connectivity index (χ2v) is 9.52. The van der Waals surface area contributed by atoms with Crippen molar-refractivity contribution in [2.24, 2.45) is 0 Å². The van der Waals surface area contributed by atoms with Gasteiger partial charge in [-0.05, 0) is 47.2 Å². The van der Waals surface area contributed by atoms with Crippen LogP contribution in [0.4, 0.5) is 0 Å². The molecule has 5 aromatic rings. The summed E-state index contributed by atoms with van der Waals surface area (Å²) in [4.78, 5) is 27.1. The Hall–Kier alpha value is -3.68. The third-order valence-corrected chi connectivity index (χ3v) is 7.16. The lowest BCUT2D eigenvalue weighted by atomic mass is 10.1. The average molecular weight is 469 g/mol. The third kappa shape index (κ3) is 4.16. The average Bonchev–Trinajstić information content (AvgIpc) is 3.54. The van der Waals surface area contributed by atoms with E-state index in [1.807, 2.05) is 41.8 Å². The van der Waals surface area contributed by atoms with Gasteiger partial charge in [-0.25, -0.2) is 4.98 Å². The quantitative estimate of drug-likeness (QED) is 0.363. The van der Waals surface area contributed by atoms with Crippen molar-refractivity contribution in [1.82, 2.24) is 19.9 Å². The molecule has 170 valence electrons. The van der Waals surface area contributed by atoms with Gasteiger partial charge in [0, 0.05) is 42.3 Å². The first-order chi connectivity index (χ1) is 16.7. The largest absolute Gasteiger partial charge is 0.489 e. The van der Waals surface area contributed by atoms with Crippen LogP contribution < -0.4 is 10.3 Å². The normalized spacial score (nSPS) is 13.8. The Kier molecular flexibility index (Phi) is 5.49. The van der Waals surface area contributed by atoms with E-state index in [1.54, 1.807) is 11.3 Å². The minimum Gasteiger partial charge on any atom is -0.489 e. The van der Waals surface area contributed by atoms with Gasteiger partial charge in [0.1, 0.15) is 12.4 Å². The predicted octanol–water partition coefficient (Wildman–Crippen LogP) is 5.12. The molecule has 7 heteroatoms. The summed E-state index contributed by atoms with van der Waals surface area (Å²) < 4.78 is 6.05. The lowest BCUT2D eigenvalue weighted by Crippen LogP contribution is -2.35. The van der Waals surface area contributed by atoms with Crippen molar-refractivity contribution in [1.29, 1.82) is 0 Å². The highest BCUT2D eigenvalue weighted by atomic mass is 32.1. The molecule has 2 N–H and O–H groups in total. The van der Waals surface area contributed by atoms with E-state index in [0.717, 1.165) is 51.4 Å². The van der Waals surface area contributed by atoms with Crippen LogP contribution in [0, 0.1) is 0 Å². The Morgan fingerprint density at radius 2 is 2.00 bits per heavy atom. The van der Waals surface area contributed by atoms with E-state index in [1.165, 1.54) is 5.56 Å². The molecule has 0 radical (unpaired) electrons. The molecule has 0 saturated heterocycles. The van der Waals surface area contributed by atoms with Crippen LogP contribution in [0.25, 0.3) is 21.6 Å². The Morgan fingerprint density at radius 3 is 2.85 bits per heavy atom. The summed E-state index contributed by atoms with van der Waals surface area (Å²) in [6, 6.07) is 20.3. The van der Waals surface area contributed by atoms with Gasteiger partial charge in [0.15, 0.2) is 5.82 Å². The van der Waals surface area contributed by atoms with Crippen molar-refractivity contribution < 1.29 is 4.74 Å². The monoisotopic (exact) mass is 468 g/mol. The van der Waals surface area contributed by atoms with Gasteiger partial charge in [0.25, 0.3) is 5.56 Å². The van der Waals surface area contributed by atoms with Crippen LogP contribution in [0.3, 0.4) is 0 Å². The van der Waals surface area contributed by atoms with E-state index in [0.29, 0.717) is 25.4 Å². The van der Waals surface area contributed by atoms with Crippen molar-refractivity contribution in [3.05, 3.63) is 105 Å². The number of benzene rings is 2. The first kappa shape index (κ1) is 20.9. The van der Waals surface area contributed by atoms with Crippen LogP contribution >= 0.6 is 11.3 Å². The summed E-state index contributed by atoms with van der Waals surface area (Å²) in [6.07, 6.45) is 2.78. The molecular formula is C27H24N4O2S. The van der Waals surface area contributed by atoms with Gasteiger partial charge >= 0.3 is 0 Å². The lowest BCUT2D eigenvalue weighted by molar-refractivity contribution is 0.241. The molecule has 6 rings (SSSR count). The maximum Gasteiger partial charge on any atom is 0.254 e. The highest BCUT2D eigenvalue weighted by Crippen LogP contribution is 2.27. The molecule has 0 spiro atoms.